The first-order valence-corrected chi connectivity index (χ1v) is 9.16. The van der Waals surface area contributed by atoms with Crippen LogP contribution in [-0.2, 0) is 9.59 Å². The maximum absolute atomic E-state index is 13.2. The summed E-state index contributed by atoms with van der Waals surface area (Å²) in [5.41, 5.74) is 0.982. The van der Waals surface area contributed by atoms with Crippen molar-refractivity contribution < 1.29 is 18.7 Å². The summed E-state index contributed by atoms with van der Waals surface area (Å²) in [6.45, 7) is 4.72. The standard InChI is InChI=1S/C21H19FN2O3S/c1-13(2)12-27-17-9-3-14(4-10-17)11-18-19(25)23-21(28)24(20(18)26)16-7-5-15(22)6-8-16/h3-11,13H,12H2,1-2H3,(H,23,25,28)/b18-11-. The molecule has 7 heteroatoms. The molecule has 0 saturated carbocycles. The molecule has 2 amide bonds. The van der Waals surface area contributed by atoms with Crippen LogP contribution in [-0.4, -0.2) is 23.5 Å². The van der Waals surface area contributed by atoms with Crippen LogP contribution in [0.5, 0.6) is 5.75 Å². The second-order valence-corrected chi connectivity index (χ2v) is 7.09. The number of anilines is 1. The minimum absolute atomic E-state index is 0.0452. The molecule has 0 radical (unpaired) electrons. The van der Waals surface area contributed by atoms with Gasteiger partial charge in [-0.1, -0.05) is 26.0 Å². The van der Waals surface area contributed by atoms with Crippen molar-refractivity contribution >= 4 is 40.9 Å². The van der Waals surface area contributed by atoms with E-state index in [1.54, 1.807) is 24.3 Å². The fourth-order valence-corrected chi connectivity index (χ4v) is 2.85. The van der Waals surface area contributed by atoms with Gasteiger partial charge in [0.25, 0.3) is 11.8 Å². The van der Waals surface area contributed by atoms with Gasteiger partial charge in [0.05, 0.1) is 12.3 Å². The monoisotopic (exact) mass is 398 g/mol. The van der Waals surface area contributed by atoms with Crippen molar-refractivity contribution in [1.82, 2.24) is 5.32 Å². The first kappa shape index (κ1) is 19.7. The van der Waals surface area contributed by atoms with Gasteiger partial charge in [0.1, 0.15) is 17.1 Å². The van der Waals surface area contributed by atoms with E-state index in [0.29, 0.717) is 29.5 Å². The molecule has 3 rings (SSSR count). The Hall–Kier alpha value is -3.06. The van der Waals surface area contributed by atoms with Gasteiger partial charge in [-0.15, -0.1) is 0 Å². The largest absolute Gasteiger partial charge is 0.493 e. The van der Waals surface area contributed by atoms with Crippen molar-refractivity contribution in [3.63, 3.8) is 0 Å². The Balaban J connectivity index is 1.85. The van der Waals surface area contributed by atoms with Gasteiger partial charge in [-0.25, -0.2) is 4.39 Å². The maximum atomic E-state index is 13.2. The summed E-state index contributed by atoms with van der Waals surface area (Å²) in [6.07, 6.45) is 1.49. The van der Waals surface area contributed by atoms with E-state index >= 15 is 0 Å². The van der Waals surface area contributed by atoms with Crippen LogP contribution in [0, 0.1) is 11.7 Å². The molecule has 2 aromatic carbocycles. The van der Waals surface area contributed by atoms with Crippen molar-refractivity contribution in [2.75, 3.05) is 11.5 Å². The van der Waals surface area contributed by atoms with Crippen LogP contribution < -0.4 is 15.0 Å². The molecule has 0 spiro atoms. The number of carbonyl (C=O) groups is 2. The molecular weight excluding hydrogens is 379 g/mol. The number of hydrogen-bond donors (Lipinski definition) is 1. The molecule has 0 atom stereocenters. The van der Waals surface area contributed by atoms with E-state index in [1.807, 2.05) is 0 Å². The lowest BCUT2D eigenvalue weighted by molar-refractivity contribution is -0.122. The van der Waals surface area contributed by atoms with E-state index in [9.17, 15) is 14.0 Å². The van der Waals surface area contributed by atoms with Gasteiger partial charge in [0, 0.05) is 0 Å². The molecule has 0 aliphatic carbocycles. The molecule has 0 aromatic heterocycles. The summed E-state index contributed by atoms with van der Waals surface area (Å²) in [5.74, 6) is -0.455. The smallest absolute Gasteiger partial charge is 0.270 e. The lowest BCUT2D eigenvalue weighted by Crippen LogP contribution is -2.54. The third-order valence-corrected chi connectivity index (χ3v) is 4.25. The summed E-state index contributed by atoms with van der Waals surface area (Å²) < 4.78 is 18.8. The highest BCUT2D eigenvalue weighted by Crippen LogP contribution is 2.23. The molecule has 1 N–H and O–H groups in total. The average molecular weight is 398 g/mol. The highest BCUT2D eigenvalue weighted by atomic mass is 32.1. The molecule has 0 unspecified atom stereocenters. The fraction of sp³-hybridized carbons (Fsp3) is 0.190. The molecule has 1 fully saturated rings. The summed E-state index contributed by atoms with van der Waals surface area (Å²) in [5, 5.41) is 2.45. The molecule has 1 aliphatic heterocycles. The zero-order chi connectivity index (χ0) is 20.3. The predicted molar refractivity (Wildman–Crippen MR) is 109 cm³/mol. The molecule has 1 aliphatic rings. The summed E-state index contributed by atoms with van der Waals surface area (Å²) >= 11 is 5.12. The molecule has 28 heavy (non-hydrogen) atoms. The third-order valence-electron chi connectivity index (χ3n) is 3.96. The normalized spacial score (nSPS) is 15.9. The van der Waals surface area contributed by atoms with Crippen molar-refractivity contribution in [1.29, 1.82) is 0 Å². The van der Waals surface area contributed by atoms with E-state index in [0.717, 1.165) is 0 Å². The Morgan fingerprint density at radius 1 is 1.11 bits per heavy atom. The molecule has 2 aromatic rings. The Morgan fingerprint density at radius 3 is 2.36 bits per heavy atom. The van der Waals surface area contributed by atoms with Crippen LogP contribution in [0.25, 0.3) is 6.08 Å². The molecule has 1 heterocycles. The van der Waals surface area contributed by atoms with Gasteiger partial charge in [0.2, 0.25) is 0 Å². The molecule has 5 nitrogen and oxygen atoms in total. The predicted octanol–water partition coefficient (Wildman–Crippen LogP) is 3.69. The quantitative estimate of drug-likeness (QED) is 0.474. The van der Waals surface area contributed by atoms with E-state index < -0.39 is 17.6 Å². The van der Waals surface area contributed by atoms with E-state index in [4.69, 9.17) is 17.0 Å². The first-order chi connectivity index (χ1) is 13.3. The minimum Gasteiger partial charge on any atom is -0.493 e. The second-order valence-electron chi connectivity index (χ2n) is 6.71. The van der Waals surface area contributed by atoms with Crippen LogP contribution in [0.1, 0.15) is 19.4 Å². The number of rotatable bonds is 5. The van der Waals surface area contributed by atoms with E-state index in [-0.39, 0.29) is 10.7 Å². The van der Waals surface area contributed by atoms with Gasteiger partial charge < -0.3 is 4.74 Å². The number of thiocarbonyl (C=S) groups is 1. The van der Waals surface area contributed by atoms with Crippen molar-refractivity contribution in [3.05, 3.63) is 65.5 Å². The van der Waals surface area contributed by atoms with Gasteiger partial charge in [-0.3, -0.25) is 19.8 Å². The number of nitrogens with zero attached hydrogens (tertiary/aromatic N) is 1. The van der Waals surface area contributed by atoms with Gasteiger partial charge in [-0.05, 0) is 66.2 Å². The summed E-state index contributed by atoms with van der Waals surface area (Å²) in [4.78, 5) is 26.3. The number of ether oxygens (including phenoxy) is 1. The fourth-order valence-electron chi connectivity index (χ4n) is 2.57. The average Bonchev–Trinajstić information content (AvgIpc) is 2.66. The lowest BCUT2D eigenvalue weighted by Gasteiger charge is -2.28. The summed E-state index contributed by atoms with van der Waals surface area (Å²) in [6, 6.07) is 12.4. The number of carbonyl (C=O) groups excluding carboxylic acids is 2. The number of nitrogens with one attached hydrogen (secondary N) is 1. The van der Waals surface area contributed by atoms with E-state index in [2.05, 4.69) is 19.2 Å². The Kier molecular flexibility index (Phi) is 5.84. The van der Waals surface area contributed by atoms with E-state index in [1.165, 1.54) is 35.2 Å². The van der Waals surface area contributed by atoms with Crippen molar-refractivity contribution in [3.8, 4) is 5.75 Å². The van der Waals surface area contributed by atoms with Crippen LogP contribution in [0.4, 0.5) is 10.1 Å². The second kappa shape index (κ2) is 8.31. The van der Waals surface area contributed by atoms with Gasteiger partial charge in [0.15, 0.2) is 5.11 Å². The Morgan fingerprint density at radius 2 is 1.75 bits per heavy atom. The number of amides is 2. The molecular formula is C21H19FN2O3S. The number of benzene rings is 2. The Labute approximate surface area is 167 Å². The molecule has 144 valence electrons. The minimum atomic E-state index is -0.575. The first-order valence-electron chi connectivity index (χ1n) is 8.75. The highest BCUT2D eigenvalue weighted by molar-refractivity contribution is 7.80. The topological polar surface area (TPSA) is 58.6 Å². The van der Waals surface area contributed by atoms with Crippen LogP contribution in [0.3, 0.4) is 0 Å². The number of hydrogen-bond acceptors (Lipinski definition) is 4. The van der Waals surface area contributed by atoms with Gasteiger partial charge in [-0.2, -0.15) is 0 Å². The molecule has 0 bridgehead atoms. The number of halogens is 1. The van der Waals surface area contributed by atoms with Crippen LogP contribution >= 0.6 is 12.2 Å². The van der Waals surface area contributed by atoms with Crippen LogP contribution in [0.2, 0.25) is 0 Å². The third kappa shape index (κ3) is 4.43. The highest BCUT2D eigenvalue weighted by Gasteiger charge is 2.34. The molecule has 1 saturated heterocycles. The Bertz CT molecular complexity index is 937. The lowest BCUT2D eigenvalue weighted by atomic mass is 10.1. The summed E-state index contributed by atoms with van der Waals surface area (Å²) in [7, 11) is 0. The maximum Gasteiger partial charge on any atom is 0.270 e. The SMILES string of the molecule is CC(C)COc1ccc(/C=C2/C(=O)NC(=S)N(c3ccc(F)cc3)C2=O)cc1. The van der Waals surface area contributed by atoms with Crippen LogP contribution in [0.15, 0.2) is 54.1 Å². The zero-order valence-corrected chi connectivity index (χ0v) is 16.3. The van der Waals surface area contributed by atoms with Crippen molar-refractivity contribution in [2.24, 2.45) is 5.92 Å². The zero-order valence-electron chi connectivity index (χ0n) is 15.4. The van der Waals surface area contributed by atoms with Gasteiger partial charge >= 0.3 is 0 Å². The van der Waals surface area contributed by atoms with Crippen molar-refractivity contribution in [2.45, 2.75) is 13.8 Å².